The van der Waals surface area contributed by atoms with Crippen molar-refractivity contribution in [1.82, 2.24) is 9.88 Å². The smallest absolute Gasteiger partial charge is 0.254 e. The summed E-state index contributed by atoms with van der Waals surface area (Å²) in [5.74, 6) is -0.369. The minimum Gasteiger partial charge on any atom is -0.337 e. The van der Waals surface area contributed by atoms with Gasteiger partial charge in [0, 0.05) is 41.6 Å². The molecule has 130 valence electrons. The Kier molecular flexibility index (Phi) is 5.58. The Bertz CT molecular complexity index is 924. The van der Waals surface area contributed by atoms with Crippen LogP contribution in [-0.2, 0) is 6.54 Å². The summed E-state index contributed by atoms with van der Waals surface area (Å²) in [5, 5.41) is 0. The van der Waals surface area contributed by atoms with Crippen molar-refractivity contribution in [2.24, 2.45) is 0 Å². The third kappa shape index (κ3) is 4.06. The topological polar surface area (TPSA) is 50.3 Å². The van der Waals surface area contributed by atoms with Crippen LogP contribution in [0.3, 0.4) is 0 Å². The number of ketones is 1. The molecule has 2 aromatic carbocycles. The number of hydrogen-bond acceptors (Lipinski definition) is 3. The molecule has 0 saturated carbocycles. The lowest BCUT2D eigenvalue weighted by Gasteiger charge is -2.19. The summed E-state index contributed by atoms with van der Waals surface area (Å²) in [6, 6.07) is 17.8. The van der Waals surface area contributed by atoms with Gasteiger partial charge < -0.3 is 4.90 Å². The Labute approximate surface area is 160 Å². The molecule has 26 heavy (non-hydrogen) atoms. The zero-order valence-corrected chi connectivity index (χ0v) is 15.8. The summed E-state index contributed by atoms with van der Waals surface area (Å²) in [6.07, 6.45) is 3.42. The van der Waals surface area contributed by atoms with E-state index in [1.165, 1.54) is 0 Å². The first-order valence-corrected chi connectivity index (χ1v) is 8.89. The van der Waals surface area contributed by atoms with Crippen molar-refractivity contribution in [3.8, 4) is 0 Å². The number of pyridine rings is 1. The van der Waals surface area contributed by atoms with Gasteiger partial charge in [-0.05, 0) is 42.0 Å². The lowest BCUT2D eigenvalue weighted by Crippen LogP contribution is -2.28. The molecule has 5 heteroatoms. The van der Waals surface area contributed by atoms with Gasteiger partial charge in [0.15, 0.2) is 5.78 Å². The molecule has 1 heterocycles. The Morgan fingerprint density at radius 2 is 1.65 bits per heavy atom. The summed E-state index contributed by atoms with van der Waals surface area (Å²) in [4.78, 5) is 31.4. The van der Waals surface area contributed by atoms with E-state index in [4.69, 9.17) is 0 Å². The van der Waals surface area contributed by atoms with E-state index < -0.39 is 0 Å². The summed E-state index contributed by atoms with van der Waals surface area (Å²) in [6.45, 7) is 0.424. The molecule has 0 saturated heterocycles. The lowest BCUT2D eigenvalue weighted by atomic mass is 9.97. The molecule has 0 radical (unpaired) electrons. The molecule has 0 unspecified atom stereocenters. The number of hydrogen-bond donors (Lipinski definition) is 0. The van der Waals surface area contributed by atoms with Gasteiger partial charge >= 0.3 is 0 Å². The van der Waals surface area contributed by atoms with Crippen molar-refractivity contribution in [3.63, 3.8) is 0 Å². The maximum absolute atomic E-state index is 12.9. The Balaban J connectivity index is 1.87. The normalized spacial score (nSPS) is 10.4. The third-order valence-electron chi connectivity index (χ3n) is 4.00. The summed E-state index contributed by atoms with van der Waals surface area (Å²) >= 11 is 3.36. The molecule has 1 amide bonds. The van der Waals surface area contributed by atoms with Crippen molar-refractivity contribution < 1.29 is 9.59 Å². The van der Waals surface area contributed by atoms with Crippen molar-refractivity contribution in [3.05, 3.63) is 99.8 Å². The first-order chi connectivity index (χ1) is 12.6. The van der Waals surface area contributed by atoms with Gasteiger partial charge in [-0.1, -0.05) is 40.2 Å². The molecule has 0 atom stereocenters. The van der Waals surface area contributed by atoms with Crippen LogP contribution >= 0.6 is 15.9 Å². The first kappa shape index (κ1) is 18.0. The largest absolute Gasteiger partial charge is 0.337 e. The summed E-state index contributed by atoms with van der Waals surface area (Å²) in [7, 11) is 1.72. The van der Waals surface area contributed by atoms with E-state index in [1.54, 1.807) is 60.7 Å². The fourth-order valence-electron chi connectivity index (χ4n) is 2.67. The van der Waals surface area contributed by atoms with Crippen molar-refractivity contribution >= 4 is 27.6 Å². The molecule has 0 spiro atoms. The lowest BCUT2D eigenvalue weighted by molar-refractivity contribution is 0.0780. The van der Waals surface area contributed by atoms with E-state index in [0.717, 1.165) is 10.0 Å². The highest BCUT2D eigenvalue weighted by atomic mass is 79.9. The Morgan fingerprint density at radius 3 is 2.31 bits per heavy atom. The number of rotatable bonds is 5. The van der Waals surface area contributed by atoms with Gasteiger partial charge in [0.05, 0.1) is 5.56 Å². The van der Waals surface area contributed by atoms with Gasteiger partial charge in [-0.15, -0.1) is 0 Å². The van der Waals surface area contributed by atoms with Gasteiger partial charge in [0.2, 0.25) is 0 Å². The van der Waals surface area contributed by atoms with E-state index >= 15 is 0 Å². The van der Waals surface area contributed by atoms with E-state index in [9.17, 15) is 9.59 Å². The average molecular weight is 409 g/mol. The van der Waals surface area contributed by atoms with Crippen LogP contribution in [0.2, 0.25) is 0 Å². The second-order valence-corrected chi connectivity index (χ2v) is 6.82. The molecule has 1 aromatic heterocycles. The molecule has 0 aliphatic carbocycles. The number of amides is 1. The highest BCUT2D eigenvalue weighted by molar-refractivity contribution is 9.10. The minimum atomic E-state index is -0.199. The first-order valence-electron chi connectivity index (χ1n) is 8.10. The molecular weight excluding hydrogens is 392 g/mol. The maximum Gasteiger partial charge on any atom is 0.254 e. The second kappa shape index (κ2) is 8.06. The number of benzene rings is 2. The van der Waals surface area contributed by atoms with Crippen LogP contribution < -0.4 is 0 Å². The maximum atomic E-state index is 12.9. The van der Waals surface area contributed by atoms with Gasteiger partial charge in [-0.3, -0.25) is 14.6 Å². The Morgan fingerprint density at radius 1 is 0.962 bits per heavy atom. The summed E-state index contributed by atoms with van der Waals surface area (Å²) < 4.78 is 0.898. The zero-order valence-electron chi connectivity index (χ0n) is 14.2. The SMILES string of the molecule is CN(Cc1cccnc1)C(=O)c1ccccc1C(=O)c1ccc(Br)cc1. The van der Waals surface area contributed by atoms with Crippen LogP contribution in [0.15, 0.2) is 77.5 Å². The van der Waals surface area contributed by atoms with Crippen molar-refractivity contribution in [1.29, 1.82) is 0 Å². The second-order valence-electron chi connectivity index (χ2n) is 5.90. The van der Waals surface area contributed by atoms with E-state index in [-0.39, 0.29) is 11.7 Å². The monoisotopic (exact) mass is 408 g/mol. The average Bonchev–Trinajstić information content (AvgIpc) is 2.68. The molecule has 0 aliphatic rings. The van der Waals surface area contributed by atoms with Crippen LogP contribution in [-0.4, -0.2) is 28.6 Å². The molecule has 0 aliphatic heterocycles. The highest BCUT2D eigenvalue weighted by Crippen LogP contribution is 2.19. The van der Waals surface area contributed by atoms with Crippen LogP contribution in [0, 0.1) is 0 Å². The van der Waals surface area contributed by atoms with Gasteiger partial charge in [-0.2, -0.15) is 0 Å². The van der Waals surface area contributed by atoms with E-state index in [2.05, 4.69) is 20.9 Å². The third-order valence-corrected chi connectivity index (χ3v) is 4.53. The molecule has 4 nitrogen and oxygen atoms in total. The van der Waals surface area contributed by atoms with Crippen LogP contribution in [0.5, 0.6) is 0 Å². The zero-order chi connectivity index (χ0) is 18.5. The van der Waals surface area contributed by atoms with Crippen molar-refractivity contribution in [2.75, 3.05) is 7.05 Å². The van der Waals surface area contributed by atoms with Crippen LogP contribution in [0.4, 0.5) is 0 Å². The van der Waals surface area contributed by atoms with Gasteiger partial charge in [0.1, 0.15) is 0 Å². The molecule has 0 fully saturated rings. The molecule has 3 aromatic rings. The van der Waals surface area contributed by atoms with E-state index in [0.29, 0.717) is 23.2 Å². The molecular formula is C21H17BrN2O2. The fourth-order valence-corrected chi connectivity index (χ4v) is 2.93. The number of aromatic nitrogens is 1. The van der Waals surface area contributed by atoms with Crippen molar-refractivity contribution in [2.45, 2.75) is 6.54 Å². The van der Waals surface area contributed by atoms with Crippen LogP contribution in [0.25, 0.3) is 0 Å². The Hall–Kier alpha value is -2.79. The predicted octanol–water partition coefficient (Wildman–Crippen LogP) is 4.35. The minimum absolute atomic E-state index is 0.170. The van der Waals surface area contributed by atoms with Gasteiger partial charge in [0.25, 0.3) is 5.91 Å². The number of nitrogens with zero attached hydrogens (tertiary/aromatic N) is 2. The number of halogens is 1. The molecule has 3 rings (SSSR count). The fraction of sp³-hybridized carbons (Fsp3) is 0.0952. The molecule has 0 N–H and O–H groups in total. The quantitative estimate of drug-likeness (QED) is 0.589. The van der Waals surface area contributed by atoms with Crippen LogP contribution in [0.1, 0.15) is 31.8 Å². The predicted molar refractivity (Wildman–Crippen MR) is 104 cm³/mol. The molecule has 0 bridgehead atoms. The van der Waals surface area contributed by atoms with E-state index in [1.807, 2.05) is 24.3 Å². The standard InChI is InChI=1S/C21H17BrN2O2/c1-24(14-15-5-4-12-23-13-15)21(26)19-7-3-2-6-18(19)20(25)16-8-10-17(22)11-9-16/h2-13H,14H2,1H3. The highest BCUT2D eigenvalue weighted by Gasteiger charge is 2.20. The number of carbonyl (C=O) groups is 2. The number of carbonyl (C=O) groups excluding carboxylic acids is 2. The summed E-state index contributed by atoms with van der Waals surface area (Å²) in [5.41, 5.74) is 2.27. The van der Waals surface area contributed by atoms with Gasteiger partial charge in [-0.25, -0.2) is 0 Å².